The summed E-state index contributed by atoms with van der Waals surface area (Å²) in [7, 11) is 0. The highest BCUT2D eigenvalue weighted by atomic mass is 35.5. The lowest BCUT2D eigenvalue weighted by Gasteiger charge is -1.98. The van der Waals surface area contributed by atoms with Crippen LogP contribution in [-0.2, 0) is 0 Å². The van der Waals surface area contributed by atoms with Gasteiger partial charge in [-0.1, -0.05) is 36.0 Å². The highest BCUT2D eigenvalue weighted by Crippen LogP contribution is 2.24. The second-order valence-corrected chi connectivity index (χ2v) is 5.77. The maximum absolute atomic E-state index is 4.65. The molecule has 116 valence electrons. The van der Waals surface area contributed by atoms with Crippen molar-refractivity contribution in [1.29, 1.82) is 0 Å². The van der Waals surface area contributed by atoms with Crippen LogP contribution in [0.25, 0.3) is 21.8 Å². The molecule has 1 aliphatic rings. The Morgan fingerprint density at radius 1 is 1.09 bits per heavy atom. The molecule has 0 atom stereocenters. The summed E-state index contributed by atoms with van der Waals surface area (Å²) >= 11 is 1.69. The zero-order valence-corrected chi connectivity index (χ0v) is 14.2. The molecule has 3 aromatic rings. The quantitative estimate of drug-likeness (QED) is 0.705. The fourth-order valence-electron chi connectivity index (χ4n) is 2.42. The monoisotopic (exact) mass is 354 g/mol. The lowest BCUT2D eigenvalue weighted by molar-refractivity contribution is 0.959. The molecule has 2 aromatic carbocycles. The first-order chi connectivity index (χ1) is 9.88. The molecule has 0 saturated heterocycles. The fraction of sp³-hybridized carbons (Fsp3) is 0.200. The highest BCUT2D eigenvalue weighted by Gasteiger charge is 2.09. The van der Waals surface area contributed by atoms with Crippen LogP contribution in [0.1, 0.15) is 0 Å². The largest absolute Gasteiger partial charge is 0.371 e. The van der Waals surface area contributed by atoms with Gasteiger partial charge in [0.2, 0.25) is 0 Å². The average molecular weight is 355 g/mol. The summed E-state index contributed by atoms with van der Waals surface area (Å²) in [4.78, 5) is 12.4. The first-order valence-corrected chi connectivity index (χ1v) is 7.65. The molecule has 4 nitrogen and oxygen atoms in total. The van der Waals surface area contributed by atoms with Gasteiger partial charge in [0.1, 0.15) is 5.84 Å². The Morgan fingerprint density at radius 2 is 1.86 bits per heavy atom. The molecule has 1 aromatic heterocycles. The van der Waals surface area contributed by atoms with Gasteiger partial charge in [0.25, 0.3) is 0 Å². The molecule has 7 heteroatoms. The second-order valence-electron chi connectivity index (χ2n) is 4.80. The van der Waals surface area contributed by atoms with Crippen LogP contribution in [0.3, 0.4) is 0 Å². The van der Waals surface area contributed by atoms with Crippen LogP contribution < -0.4 is 5.32 Å². The van der Waals surface area contributed by atoms with Crippen molar-refractivity contribution in [1.82, 2.24) is 15.3 Å². The van der Waals surface area contributed by atoms with E-state index in [1.165, 1.54) is 10.8 Å². The second kappa shape index (κ2) is 7.22. The summed E-state index contributed by atoms with van der Waals surface area (Å²) in [5.74, 6) is 1.92. The van der Waals surface area contributed by atoms with Crippen molar-refractivity contribution in [2.24, 2.45) is 4.99 Å². The van der Waals surface area contributed by atoms with Crippen molar-refractivity contribution in [3.05, 3.63) is 36.4 Å². The Bertz CT molecular complexity index is 763. The van der Waals surface area contributed by atoms with E-state index in [9.17, 15) is 0 Å². The van der Waals surface area contributed by atoms with Crippen molar-refractivity contribution in [3.63, 3.8) is 0 Å². The maximum atomic E-state index is 4.65. The van der Waals surface area contributed by atoms with Crippen molar-refractivity contribution < 1.29 is 0 Å². The molecule has 0 radical (unpaired) electrons. The van der Waals surface area contributed by atoms with Gasteiger partial charge >= 0.3 is 0 Å². The molecule has 0 aliphatic carbocycles. The Kier molecular flexibility index (Phi) is 5.56. The van der Waals surface area contributed by atoms with Gasteiger partial charge in [-0.3, -0.25) is 4.99 Å². The number of hydrogen-bond acceptors (Lipinski definition) is 4. The highest BCUT2D eigenvalue weighted by molar-refractivity contribution is 7.99. The van der Waals surface area contributed by atoms with Gasteiger partial charge in [-0.05, 0) is 22.9 Å². The number of amidine groups is 1. The molecule has 0 saturated carbocycles. The number of nitrogens with one attached hydrogen (secondary N) is 2. The summed E-state index contributed by atoms with van der Waals surface area (Å²) in [6, 6.07) is 12.7. The molecule has 0 fully saturated rings. The number of aliphatic imine (C=N–C) groups is 1. The van der Waals surface area contributed by atoms with Gasteiger partial charge in [0.05, 0.1) is 23.3 Å². The van der Waals surface area contributed by atoms with Gasteiger partial charge in [-0.2, -0.15) is 0 Å². The van der Waals surface area contributed by atoms with Crippen molar-refractivity contribution >= 4 is 64.2 Å². The predicted molar refractivity (Wildman–Crippen MR) is 99.1 cm³/mol. The standard InChI is InChI=1S/C15H14N4S.2ClH/c1-2-4-11-8-13-12(7-10(11)3-1)18-15(19-13)20-9-14-16-5-6-17-14;;/h1-4,7-8H,5-6,9H2,(H,16,17)(H,18,19);2*1H. The summed E-state index contributed by atoms with van der Waals surface area (Å²) < 4.78 is 0. The van der Waals surface area contributed by atoms with Crippen LogP contribution in [0.4, 0.5) is 0 Å². The van der Waals surface area contributed by atoms with Gasteiger partial charge in [0, 0.05) is 6.54 Å². The number of rotatable bonds is 3. The third kappa shape index (κ3) is 3.32. The molecular weight excluding hydrogens is 339 g/mol. The SMILES string of the molecule is Cl.Cl.c1ccc2cc3[nH]c(SCC4=NCCN4)nc3cc2c1. The fourth-order valence-corrected chi connectivity index (χ4v) is 3.23. The van der Waals surface area contributed by atoms with Crippen molar-refractivity contribution in [3.8, 4) is 0 Å². The van der Waals surface area contributed by atoms with E-state index >= 15 is 0 Å². The Balaban J connectivity index is 0.000000882. The van der Waals surface area contributed by atoms with Crippen LogP contribution in [0.15, 0.2) is 46.5 Å². The van der Waals surface area contributed by atoms with Gasteiger partial charge in [0.15, 0.2) is 5.16 Å². The number of aromatic amines is 1. The Labute approximate surface area is 145 Å². The van der Waals surface area contributed by atoms with Crippen LogP contribution >= 0.6 is 36.6 Å². The number of imidazole rings is 1. The number of aromatic nitrogens is 2. The summed E-state index contributed by atoms with van der Waals surface area (Å²) in [5, 5.41) is 6.69. The third-order valence-electron chi connectivity index (χ3n) is 3.42. The number of fused-ring (bicyclic) bond motifs is 2. The molecule has 0 amide bonds. The van der Waals surface area contributed by atoms with E-state index in [0.29, 0.717) is 0 Å². The lowest BCUT2D eigenvalue weighted by atomic mass is 10.1. The molecule has 22 heavy (non-hydrogen) atoms. The van der Waals surface area contributed by atoms with E-state index in [4.69, 9.17) is 0 Å². The predicted octanol–water partition coefficient (Wildman–Crippen LogP) is 3.65. The van der Waals surface area contributed by atoms with E-state index in [0.717, 1.165) is 40.9 Å². The minimum atomic E-state index is 0. The number of halogens is 2. The van der Waals surface area contributed by atoms with E-state index in [2.05, 4.69) is 56.7 Å². The first kappa shape index (κ1) is 16.9. The number of nitrogens with zero attached hydrogens (tertiary/aromatic N) is 2. The molecule has 4 rings (SSSR count). The van der Waals surface area contributed by atoms with E-state index in [-0.39, 0.29) is 24.8 Å². The average Bonchev–Trinajstić information content (AvgIpc) is 3.11. The van der Waals surface area contributed by atoms with E-state index in [1.807, 2.05) is 0 Å². The Morgan fingerprint density at radius 3 is 2.59 bits per heavy atom. The van der Waals surface area contributed by atoms with Crippen LogP contribution in [-0.4, -0.2) is 34.6 Å². The van der Waals surface area contributed by atoms with E-state index in [1.54, 1.807) is 11.8 Å². The first-order valence-electron chi connectivity index (χ1n) is 6.67. The minimum absolute atomic E-state index is 0. The van der Waals surface area contributed by atoms with Gasteiger partial charge in [-0.15, -0.1) is 24.8 Å². The number of H-pyrrole nitrogens is 1. The minimum Gasteiger partial charge on any atom is -0.371 e. The number of hydrogen-bond donors (Lipinski definition) is 2. The molecular formula is C15H16Cl2N4S. The number of benzene rings is 2. The zero-order valence-electron chi connectivity index (χ0n) is 11.7. The zero-order chi connectivity index (χ0) is 13.4. The van der Waals surface area contributed by atoms with Gasteiger partial charge in [-0.25, -0.2) is 4.98 Å². The normalized spacial score (nSPS) is 13.4. The van der Waals surface area contributed by atoms with Crippen molar-refractivity contribution in [2.75, 3.05) is 18.8 Å². The molecule has 1 aliphatic heterocycles. The number of thioether (sulfide) groups is 1. The lowest BCUT2D eigenvalue weighted by Crippen LogP contribution is -2.20. The van der Waals surface area contributed by atoms with Crippen molar-refractivity contribution in [2.45, 2.75) is 5.16 Å². The van der Waals surface area contributed by atoms with E-state index < -0.39 is 0 Å². The summed E-state index contributed by atoms with van der Waals surface area (Å²) in [6.07, 6.45) is 0. The molecule has 0 spiro atoms. The topological polar surface area (TPSA) is 53.1 Å². The summed E-state index contributed by atoms with van der Waals surface area (Å²) in [5.41, 5.74) is 2.11. The Hall–Kier alpha value is -1.43. The molecule has 0 unspecified atom stereocenters. The molecule has 2 heterocycles. The molecule has 2 N–H and O–H groups in total. The smallest absolute Gasteiger partial charge is 0.166 e. The van der Waals surface area contributed by atoms with Crippen LogP contribution in [0.5, 0.6) is 0 Å². The van der Waals surface area contributed by atoms with Crippen LogP contribution in [0.2, 0.25) is 0 Å². The molecule has 0 bridgehead atoms. The third-order valence-corrected chi connectivity index (χ3v) is 4.30. The van der Waals surface area contributed by atoms with Crippen LogP contribution in [0, 0.1) is 0 Å². The van der Waals surface area contributed by atoms with Gasteiger partial charge < -0.3 is 10.3 Å². The summed E-state index contributed by atoms with van der Waals surface area (Å²) in [6.45, 7) is 1.85. The maximum Gasteiger partial charge on any atom is 0.166 e.